The summed E-state index contributed by atoms with van der Waals surface area (Å²) in [5.74, 6) is 1.31. The number of thiophene rings is 1. The third-order valence-electron chi connectivity index (χ3n) is 4.56. The van der Waals surface area contributed by atoms with Crippen molar-refractivity contribution in [3.63, 3.8) is 0 Å². The zero-order valence-corrected chi connectivity index (χ0v) is 16.0. The Morgan fingerprint density at radius 2 is 2.12 bits per heavy atom. The fourth-order valence-electron chi connectivity index (χ4n) is 2.96. The number of aromatic nitrogens is 2. The van der Waals surface area contributed by atoms with Gasteiger partial charge in [-0.2, -0.15) is 0 Å². The van der Waals surface area contributed by atoms with Gasteiger partial charge in [-0.25, -0.2) is 4.98 Å². The molecular weight excluding hydrogens is 366 g/mol. The van der Waals surface area contributed by atoms with Gasteiger partial charge in [0.15, 0.2) is 0 Å². The molecule has 0 aliphatic carbocycles. The van der Waals surface area contributed by atoms with E-state index in [1.807, 2.05) is 47.5 Å². The van der Waals surface area contributed by atoms with Crippen LogP contribution in [0.4, 0.5) is 0 Å². The lowest BCUT2D eigenvalue weighted by Gasteiger charge is -2.32. The summed E-state index contributed by atoms with van der Waals surface area (Å²) in [5.41, 5.74) is 1.81. The number of hydrogen-bond donors (Lipinski definition) is 1. The van der Waals surface area contributed by atoms with Crippen LogP contribution in [0.15, 0.2) is 40.5 Å². The first-order chi connectivity index (χ1) is 12.6. The predicted molar refractivity (Wildman–Crippen MR) is 108 cm³/mol. The van der Waals surface area contributed by atoms with Crippen molar-refractivity contribution in [3.8, 4) is 11.1 Å². The van der Waals surface area contributed by atoms with Crippen LogP contribution in [0.3, 0.4) is 0 Å². The SMILES string of the molecule is CC(SCc1nc2scc(-c3ccccc3)c2c(=O)[nH]1)C(=O)N1CCC1. The van der Waals surface area contributed by atoms with Gasteiger partial charge in [0, 0.05) is 24.0 Å². The molecule has 0 radical (unpaired) electrons. The third-order valence-corrected chi connectivity index (χ3v) is 6.58. The van der Waals surface area contributed by atoms with E-state index in [1.54, 1.807) is 0 Å². The van der Waals surface area contributed by atoms with Crippen LogP contribution in [0.5, 0.6) is 0 Å². The fraction of sp³-hybridized carbons (Fsp3) is 0.316. The van der Waals surface area contributed by atoms with Crippen LogP contribution in [0.25, 0.3) is 21.3 Å². The number of rotatable bonds is 5. The van der Waals surface area contributed by atoms with E-state index < -0.39 is 0 Å². The number of carbonyl (C=O) groups is 1. The minimum absolute atomic E-state index is 0.118. The van der Waals surface area contributed by atoms with Crippen molar-refractivity contribution in [2.24, 2.45) is 0 Å². The molecule has 1 amide bonds. The lowest BCUT2D eigenvalue weighted by Crippen LogP contribution is -2.45. The second-order valence-electron chi connectivity index (χ2n) is 6.34. The first-order valence-corrected chi connectivity index (χ1v) is 10.5. The van der Waals surface area contributed by atoms with E-state index in [1.165, 1.54) is 23.1 Å². The summed E-state index contributed by atoms with van der Waals surface area (Å²) in [5, 5.41) is 2.49. The Hall–Kier alpha value is -2.12. The van der Waals surface area contributed by atoms with E-state index in [0.29, 0.717) is 17.0 Å². The molecular formula is C19H19N3O2S2. The highest BCUT2D eigenvalue weighted by atomic mass is 32.2. The monoisotopic (exact) mass is 385 g/mol. The van der Waals surface area contributed by atoms with Crippen LogP contribution in [0.2, 0.25) is 0 Å². The Morgan fingerprint density at radius 1 is 1.35 bits per heavy atom. The van der Waals surface area contributed by atoms with Crippen molar-refractivity contribution < 1.29 is 4.79 Å². The van der Waals surface area contributed by atoms with Crippen molar-refractivity contribution in [1.29, 1.82) is 0 Å². The average Bonchev–Trinajstić information content (AvgIpc) is 3.03. The standard InChI is InChI=1S/C19H19N3O2S2/c1-12(19(24)22-8-5-9-22)25-11-15-20-17(23)16-14(10-26-18(16)21-15)13-6-3-2-4-7-13/h2-4,6-7,10,12H,5,8-9,11H2,1H3,(H,20,21,23). The second kappa shape index (κ2) is 7.25. The minimum atomic E-state index is -0.125. The van der Waals surface area contributed by atoms with Crippen LogP contribution in [0.1, 0.15) is 19.2 Å². The molecule has 3 aromatic rings. The smallest absolute Gasteiger partial charge is 0.260 e. The Morgan fingerprint density at radius 3 is 2.81 bits per heavy atom. The number of thioether (sulfide) groups is 1. The highest BCUT2D eigenvalue weighted by Crippen LogP contribution is 2.31. The molecule has 1 aromatic carbocycles. The lowest BCUT2D eigenvalue weighted by atomic mass is 10.1. The Bertz CT molecular complexity index is 993. The Balaban J connectivity index is 1.54. The van der Waals surface area contributed by atoms with E-state index in [2.05, 4.69) is 9.97 Å². The van der Waals surface area contributed by atoms with Crippen LogP contribution < -0.4 is 5.56 Å². The van der Waals surface area contributed by atoms with Gasteiger partial charge < -0.3 is 9.88 Å². The molecule has 3 heterocycles. The van der Waals surface area contributed by atoms with Crippen LogP contribution in [-0.4, -0.2) is 39.1 Å². The average molecular weight is 386 g/mol. The second-order valence-corrected chi connectivity index (χ2v) is 8.53. The van der Waals surface area contributed by atoms with Gasteiger partial charge in [-0.3, -0.25) is 9.59 Å². The molecule has 0 spiro atoms. The normalized spacial score (nSPS) is 15.0. The van der Waals surface area contributed by atoms with E-state index >= 15 is 0 Å². The number of benzene rings is 1. The van der Waals surface area contributed by atoms with Crippen LogP contribution >= 0.6 is 23.1 Å². The lowest BCUT2D eigenvalue weighted by molar-refractivity contribution is -0.133. The number of likely N-dealkylation sites (tertiary alicyclic amines) is 1. The molecule has 0 saturated carbocycles. The maximum Gasteiger partial charge on any atom is 0.260 e. The van der Waals surface area contributed by atoms with Gasteiger partial charge in [0.1, 0.15) is 10.7 Å². The van der Waals surface area contributed by atoms with Gasteiger partial charge in [-0.1, -0.05) is 30.3 Å². The maximum absolute atomic E-state index is 12.6. The maximum atomic E-state index is 12.6. The van der Waals surface area contributed by atoms with Gasteiger partial charge >= 0.3 is 0 Å². The number of hydrogen-bond acceptors (Lipinski definition) is 5. The number of nitrogens with zero attached hydrogens (tertiary/aromatic N) is 2. The Labute approximate surface area is 159 Å². The predicted octanol–water partition coefficient (Wildman–Crippen LogP) is 3.51. The summed E-state index contributed by atoms with van der Waals surface area (Å²) in [6.45, 7) is 3.64. The molecule has 1 aliphatic heterocycles. The molecule has 2 aromatic heterocycles. The number of nitrogens with one attached hydrogen (secondary N) is 1. The van der Waals surface area contributed by atoms with Gasteiger partial charge in [0.05, 0.1) is 16.4 Å². The van der Waals surface area contributed by atoms with Crippen molar-refractivity contribution in [2.45, 2.75) is 24.3 Å². The number of fused-ring (bicyclic) bond motifs is 1. The van der Waals surface area contributed by atoms with Crippen LogP contribution in [-0.2, 0) is 10.5 Å². The van der Waals surface area contributed by atoms with Gasteiger partial charge in [-0.15, -0.1) is 23.1 Å². The summed E-state index contributed by atoms with van der Waals surface area (Å²) in [6.07, 6.45) is 1.09. The molecule has 0 bridgehead atoms. The summed E-state index contributed by atoms with van der Waals surface area (Å²) in [4.78, 5) is 34.9. The van der Waals surface area contributed by atoms with Gasteiger partial charge in [0.2, 0.25) is 5.91 Å². The third kappa shape index (κ3) is 3.29. The number of amides is 1. The molecule has 1 atom stereocenters. The van der Waals surface area contributed by atoms with Crippen molar-refractivity contribution >= 4 is 39.2 Å². The van der Waals surface area contributed by atoms with Crippen LogP contribution in [0, 0.1) is 0 Å². The first kappa shape index (κ1) is 17.3. The van der Waals surface area contributed by atoms with Crippen molar-refractivity contribution in [3.05, 3.63) is 51.9 Å². The van der Waals surface area contributed by atoms with E-state index in [-0.39, 0.29) is 16.7 Å². The number of H-pyrrole nitrogens is 1. The molecule has 1 aliphatic rings. The summed E-state index contributed by atoms with van der Waals surface area (Å²) in [7, 11) is 0. The van der Waals surface area contributed by atoms with E-state index in [9.17, 15) is 9.59 Å². The summed E-state index contributed by atoms with van der Waals surface area (Å²) in [6, 6.07) is 9.87. The molecule has 1 saturated heterocycles. The molecule has 5 nitrogen and oxygen atoms in total. The largest absolute Gasteiger partial charge is 0.342 e. The van der Waals surface area contributed by atoms with E-state index in [4.69, 9.17) is 0 Å². The molecule has 1 fully saturated rings. The van der Waals surface area contributed by atoms with E-state index in [0.717, 1.165) is 35.5 Å². The molecule has 26 heavy (non-hydrogen) atoms. The summed E-state index contributed by atoms with van der Waals surface area (Å²) < 4.78 is 0. The fourth-order valence-corrected chi connectivity index (χ4v) is 4.76. The van der Waals surface area contributed by atoms with Crippen molar-refractivity contribution in [2.75, 3.05) is 13.1 Å². The van der Waals surface area contributed by atoms with Gasteiger partial charge in [-0.05, 0) is 18.9 Å². The molecule has 1 N–H and O–H groups in total. The zero-order chi connectivity index (χ0) is 18.1. The Kier molecular flexibility index (Phi) is 4.82. The van der Waals surface area contributed by atoms with Crippen molar-refractivity contribution in [1.82, 2.24) is 14.9 Å². The first-order valence-electron chi connectivity index (χ1n) is 8.59. The quantitative estimate of drug-likeness (QED) is 0.730. The molecule has 4 rings (SSSR count). The topological polar surface area (TPSA) is 66.1 Å². The zero-order valence-electron chi connectivity index (χ0n) is 14.4. The molecule has 7 heteroatoms. The highest BCUT2D eigenvalue weighted by Gasteiger charge is 2.25. The summed E-state index contributed by atoms with van der Waals surface area (Å²) >= 11 is 3.00. The number of carbonyl (C=O) groups excluding carboxylic acids is 1. The highest BCUT2D eigenvalue weighted by molar-refractivity contribution is 7.99. The van der Waals surface area contributed by atoms with Gasteiger partial charge in [0.25, 0.3) is 5.56 Å². The molecule has 134 valence electrons. The minimum Gasteiger partial charge on any atom is -0.342 e. The molecule has 1 unspecified atom stereocenters. The number of aromatic amines is 1.